The first-order chi connectivity index (χ1) is 14.3. The Labute approximate surface area is 184 Å². The van der Waals surface area contributed by atoms with Gasteiger partial charge < -0.3 is 4.74 Å². The first-order valence-corrected chi connectivity index (χ1v) is 12.1. The summed E-state index contributed by atoms with van der Waals surface area (Å²) in [5.74, 6) is 0.907. The molecule has 2 aliphatic rings. The SMILES string of the molecule is CCSCCOC(=O)C1=C(C)N=C2CC(C)(C)CC(=O)C2[C@H]1c1ccc(CC)cc1. The Balaban J connectivity index is 2.01. The molecule has 0 amide bonds. The van der Waals surface area contributed by atoms with Crippen LogP contribution in [0, 0.1) is 11.3 Å². The second-order valence-electron chi connectivity index (χ2n) is 8.97. The van der Waals surface area contributed by atoms with Gasteiger partial charge in [-0.2, -0.15) is 11.8 Å². The lowest BCUT2D eigenvalue weighted by atomic mass is 9.63. The number of allylic oxidation sites excluding steroid dienone is 1. The van der Waals surface area contributed by atoms with Crippen LogP contribution in [0.5, 0.6) is 0 Å². The Bertz CT molecular complexity index is 867. The number of carbonyl (C=O) groups is 2. The van der Waals surface area contributed by atoms with Gasteiger partial charge in [0.15, 0.2) is 0 Å². The van der Waals surface area contributed by atoms with Crippen molar-refractivity contribution in [3.05, 3.63) is 46.7 Å². The number of rotatable bonds is 7. The van der Waals surface area contributed by atoms with Crippen LogP contribution >= 0.6 is 11.8 Å². The average Bonchev–Trinajstić information content (AvgIpc) is 2.69. The molecule has 1 aromatic rings. The zero-order valence-corrected chi connectivity index (χ0v) is 19.6. The summed E-state index contributed by atoms with van der Waals surface area (Å²) < 4.78 is 5.61. The minimum absolute atomic E-state index is 0.0985. The van der Waals surface area contributed by atoms with E-state index in [0.717, 1.165) is 35.6 Å². The summed E-state index contributed by atoms with van der Waals surface area (Å²) in [6.45, 7) is 10.7. The van der Waals surface area contributed by atoms with E-state index in [4.69, 9.17) is 9.73 Å². The maximum Gasteiger partial charge on any atom is 0.336 e. The number of carbonyl (C=O) groups excluding carboxylic acids is 2. The van der Waals surface area contributed by atoms with Crippen molar-refractivity contribution in [2.75, 3.05) is 18.1 Å². The lowest BCUT2D eigenvalue weighted by Gasteiger charge is -2.41. The Hall–Kier alpha value is -1.88. The van der Waals surface area contributed by atoms with E-state index in [2.05, 4.69) is 52.0 Å². The van der Waals surface area contributed by atoms with Crippen LogP contribution in [0.2, 0.25) is 0 Å². The molecule has 0 spiro atoms. The Morgan fingerprint density at radius 1 is 1.17 bits per heavy atom. The van der Waals surface area contributed by atoms with Gasteiger partial charge in [-0.15, -0.1) is 0 Å². The van der Waals surface area contributed by atoms with Crippen molar-refractivity contribution in [1.82, 2.24) is 0 Å². The van der Waals surface area contributed by atoms with Crippen molar-refractivity contribution < 1.29 is 14.3 Å². The van der Waals surface area contributed by atoms with Gasteiger partial charge in [0.25, 0.3) is 0 Å². The topological polar surface area (TPSA) is 55.7 Å². The largest absolute Gasteiger partial charge is 0.461 e. The van der Waals surface area contributed by atoms with Crippen LogP contribution in [-0.4, -0.2) is 35.6 Å². The molecule has 0 saturated heterocycles. The van der Waals surface area contributed by atoms with Crippen LogP contribution in [-0.2, 0) is 20.7 Å². The fourth-order valence-corrected chi connectivity index (χ4v) is 5.08. The average molecular weight is 428 g/mol. The molecule has 0 aromatic heterocycles. The maximum absolute atomic E-state index is 13.3. The number of benzene rings is 1. The molecule has 0 bridgehead atoms. The number of ether oxygens (including phenoxy) is 1. The van der Waals surface area contributed by atoms with E-state index in [1.165, 1.54) is 5.56 Å². The zero-order valence-electron chi connectivity index (χ0n) is 18.8. The van der Waals surface area contributed by atoms with Crippen LogP contribution < -0.4 is 0 Å². The molecule has 1 aromatic carbocycles. The van der Waals surface area contributed by atoms with E-state index in [1.807, 2.05) is 6.92 Å². The van der Waals surface area contributed by atoms with Gasteiger partial charge >= 0.3 is 5.97 Å². The van der Waals surface area contributed by atoms with Crippen molar-refractivity contribution in [2.45, 2.75) is 59.8 Å². The minimum atomic E-state index is -0.373. The van der Waals surface area contributed by atoms with Gasteiger partial charge in [-0.1, -0.05) is 52.0 Å². The number of ketones is 1. The third kappa shape index (κ3) is 4.88. The second kappa shape index (κ2) is 9.51. The van der Waals surface area contributed by atoms with E-state index in [0.29, 0.717) is 24.3 Å². The van der Waals surface area contributed by atoms with E-state index in [1.54, 1.807) is 11.8 Å². The van der Waals surface area contributed by atoms with Gasteiger partial charge in [0.2, 0.25) is 0 Å². The second-order valence-corrected chi connectivity index (χ2v) is 10.4. The maximum atomic E-state index is 13.3. The number of Topliss-reactive ketones (excluding diaryl/α,β-unsaturated/α-hetero) is 1. The molecule has 1 unspecified atom stereocenters. The molecule has 0 radical (unpaired) electrons. The third-order valence-corrected chi connectivity index (χ3v) is 6.86. The summed E-state index contributed by atoms with van der Waals surface area (Å²) in [7, 11) is 0. The number of thioether (sulfide) groups is 1. The highest BCUT2D eigenvalue weighted by atomic mass is 32.2. The molecule has 0 N–H and O–H groups in total. The fourth-order valence-electron chi connectivity index (χ4n) is 4.59. The monoisotopic (exact) mass is 427 g/mol. The Morgan fingerprint density at radius 2 is 1.87 bits per heavy atom. The molecule has 3 rings (SSSR count). The fraction of sp³-hybridized carbons (Fsp3) is 0.560. The molecule has 162 valence electrons. The van der Waals surface area contributed by atoms with E-state index in [9.17, 15) is 9.59 Å². The van der Waals surface area contributed by atoms with Crippen LogP contribution in [0.1, 0.15) is 64.5 Å². The van der Waals surface area contributed by atoms with E-state index in [-0.39, 0.29) is 29.0 Å². The number of fused-ring (bicyclic) bond motifs is 1. The number of aryl methyl sites for hydroxylation is 1. The highest BCUT2D eigenvalue weighted by Gasteiger charge is 2.47. The van der Waals surface area contributed by atoms with Gasteiger partial charge in [0.1, 0.15) is 12.4 Å². The smallest absolute Gasteiger partial charge is 0.336 e. The highest BCUT2D eigenvalue weighted by Crippen LogP contribution is 2.47. The molecule has 1 fully saturated rings. The molecule has 2 atom stereocenters. The lowest BCUT2D eigenvalue weighted by Crippen LogP contribution is -2.44. The lowest BCUT2D eigenvalue weighted by molar-refractivity contribution is -0.139. The first kappa shape index (κ1) is 22.8. The number of hydrogen-bond acceptors (Lipinski definition) is 5. The van der Waals surface area contributed by atoms with Crippen LogP contribution in [0.15, 0.2) is 40.5 Å². The van der Waals surface area contributed by atoms with Crippen molar-refractivity contribution >= 4 is 29.2 Å². The van der Waals surface area contributed by atoms with Gasteiger partial charge in [0.05, 0.1) is 11.5 Å². The van der Waals surface area contributed by atoms with E-state index >= 15 is 0 Å². The Kier molecular flexibility index (Phi) is 7.22. The van der Waals surface area contributed by atoms with Gasteiger partial charge in [0, 0.05) is 29.5 Å². The quantitative estimate of drug-likeness (QED) is 0.434. The summed E-state index contributed by atoms with van der Waals surface area (Å²) in [6, 6.07) is 8.31. The van der Waals surface area contributed by atoms with Gasteiger partial charge in [-0.25, -0.2) is 4.79 Å². The molecular formula is C25H33NO3S. The summed E-state index contributed by atoms with van der Waals surface area (Å²) in [4.78, 5) is 31.2. The first-order valence-electron chi connectivity index (χ1n) is 10.9. The number of nitrogens with zero attached hydrogens (tertiary/aromatic N) is 1. The standard InChI is InChI=1S/C25H33NO3S/c1-6-17-8-10-18(11-9-17)22-21(24(28)29-12-13-30-7-2)16(3)26-19-14-25(4,5)15-20(27)23(19)22/h8-11,22-23H,6-7,12-15H2,1-5H3/t22-,23?/m0/s1. The van der Waals surface area contributed by atoms with Gasteiger partial charge in [-0.05, 0) is 42.1 Å². The molecule has 1 aliphatic carbocycles. The predicted molar refractivity (Wildman–Crippen MR) is 124 cm³/mol. The van der Waals surface area contributed by atoms with Crippen LogP contribution in [0.25, 0.3) is 0 Å². The molecule has 5 heteroatoms. The number of esters is 1. The third-order valence-electron chi connectivity index (χ3n) is 6.00. The van der Waals surface area contributed by atoms with Crippen molar-refractivity contribution in [1.29, 1.82) is 0 Å². The van der Waals surface area contributed by atoms with Crippen LogP contribution in [0.3, 0.4) is 0 Å². The zero-order chi connectivity index (χ0) is 21.9. The molecule has 1 heterocycles. The van der Waals surface area contributed by atoms with Crippen molar-refractivity contribution in [3.8, 4) is 0 Å². The van der Waals surface area contributed by atoms with E-state index < -0.39 is 0 Å². The molecule has 1 aliphatic heterocycles. The molecular weight excluding hydrogens is 394 g/mol. The summed E-state index contributed by atoms with van der Waals surface area (Å²) in [6.07, 6.45) is 2.24. The van der Waals surface area contributed by atoms with Crippen molar-refractivity contribution in [2.24, 2.45) is 16.3 Å². The molecule has 4 nitrogen and oxygen atoms in total. The number of hydrogen-bond donors (Lipinski definition) is 0. The predicted octanol–water partition coefficient (Wildman–Crippen LogP) is 5.36. The highest BCUT2D eigenvalue weighted by molar-refractivity contribution is 7.99. The minimum Gasteiger partial charge on any atom is -0.461 e. The van der Waals surface area contributed by atoms with Crippen LogP contribution in [0.4, 0.5) is 0 Å². The molecule has 30 heavy (non-hydrogen) atoms. The molecule has 1 saturated carbocycles. The summed E-state index contributed by atoms with van der Waals surface area (Å²) in [5, 5.41) is 0. The summed E-state index contributed by atoms with van der Waals surface area (Å²) >= 11 is 1.74. The normalized spacial score (nSPS) is 23.1. The summed E-state index contributed by atoms with van der Waals surface area (Å²) in [5.41, 5.74) is 4.27. The van der Waals surface area contributed by atoms with Gasteiger partial charge in [-0.3, -0.25) is 9.79 Å². The Morgan fingerprint density at radius 3 is 2.50 bits per heavy atom. The number of aliphatic imine (C=N–C) groups is 1. The van der Waals surface area contributed by atoms with Crippen molar-refractivity contribution in [3.63, 3.8) is 0 Å².